The zero-order valence-electron chi connectivity index (χ0n) is 8.62. The van der Waals surface area contributed by atoms with Crippen molar-refractivity contribution in [3.63, 3.8) is 0 Å². The second-order valence-corrected chi connectivity index (χ2v) is 4.61. The van der Waals surface area contributed by atoms with Crippen LogP contribution in [0.4, 0.5) is 0 Å². The average molecular weight is 187 g/mol. The van der Waals surface area contributed by atoms with Crippen molar-refractivity contribution in [2.24, 2.45) is 17.1 Å². The number of aliphatic hydroxyl groups excluding tert-OH is 1. The molecule has 13 heavy (non-hydrogen) atoms. The molecule has 1 aliphatic heterocycles. The number of hydrogen-bond acceptors (Lipinski definition) is 3. The van der Waals surface area contributed by atoms with Gasteiger partial charge in [0.2, 0.25) is 0 Å². The van der Waals surface area contributed by atoms with Gasteiger partial charge in [-0.1, -0.05) is 13.8 Å². The zero-order chi connectivity index (χ0) is 9.90. The first-order valence-corrected chi connectivity index (χ1v) is 5.04. The maximum absolute atomic E-state index is 10.0. The molecule has 3 heteroatoms. The summed E-state index contributed by atoms with van der Waals surface area (Å²) in [5.41, 5.74) is 5.42. The van der Waals surface area contributed by atoms with Crippen molar-refractivity contribution in [3.8, 4) is 0 Å². The molecular formula is C10H21NO2. The van der Waals surface area contributed by atoms with E-state index in [1.165, 1.54) is 0 Å². The van der Waals surface area contributed by atoms with Gasteiger partial charge in [0.25, 0.3) is 0 Å². The van der Waals surface area contributed by atoms with Crippen molar-refractivity contribution in [2.75, 3.05) is 19.8 Å². The molecule has 0 saturated carbocycles. The Morgan fingerprint density at radius 2 is 2.31 bits per heavy atom. The molecule has 1 saturated heterocycles. The minimum absolute atomic E-state index is 0.189. The van der Waals surface area contributed by atoms with Gasteiger partial charge in [-0.05, 0) is 19.4 Å². The Bertz CT molecular complexity index is 153. The average Bonchev–Trinajstić information content (AvgIpc) is 2.18. The number of nitrogens with two attached hydrogens (primary N) is 1. The summed E-state index contributed by atoms with van der Waals surface area (Å²) in [6, 6.07) is 0. The van der Waals surface area contributed by atoms with Crippen LogP contribution in [-0.2, 0) is 4.74 Å². The first-order valence-electron chi connectivity index (χ1n) is 5.04. The third-order valence-corrected chi connectivity index (χ3v) is 2.97. The van der Waals surface area contributed by atoms with E-state index in [4.69, 9.17) is 10.5 Å². The molecule has 0 aromatic carbocycles. The Balaban J connectivity index is 2.49. The fraction of sp³-hybridized carbons (Fsp3) is 1.00. The second kappa shape index (κ2) is 4.40. The second-order valence-electron chi connectivity index (χ2n) is 4.61. The molecule has 3 nitrogen and oxygen atoms in total. The molecule has 0 bridgehead atoms. The molecule has 0 aromatic heterocycles. The van der Waals surface area contributed by atoms with E-state index in [1.54, 1.807) is 0 Å². The predicted octanol–water partition coefficient (Wildman–Crippen LogP) is 0.759. The Labute approximate surface area is 80.3 Å². The maximum atomic E-state index is 10.0. The highest BCUT2D eigenvalue weighted by molar-refractivity contribution is 4.85. The van der Waals surface area contributed by atoms with Crippen LogP contribution in [0.5, 0.6) is 0 Å². The standard InChI is InChI=1S/C10H21NO2/c1-10(2,7-11)9(12)8-4-3-5-13-6-8/h8-9,12H,3-7,11H2,1-2H3. The largest absolute Gasteiger partial charge is 0.392 e. The minimum Gasteiger partial charge on any atom is -0.392 e. The van der Waals surface area contributed by atoms with Crippen molar-refractivity contribution in [1.82, 2.24) is 0 Å². The van der Waals surface area contributed by atoms with E-state index in [2.05, 4.69) is 0 Å². The Morgan fingerprint density at radius 1 is 1.62 bits per heavy atom. The molecule has 1 aliphatic rings. The van der Waals surface area contributed by atoms with Crippen molar-refractivity contribution < 1.29 is 9.84 Å². The number of ether oxygens (including phenoxy) is 1. The Hall–Kier alpha value is -0.120. The smallest absolute Gasteiger partial charge is 0.0653 e. The molecule has 1 rings (SSSR count). The molecule has 1 heterocycles. The summed E-state index contributed by atoms with van der Waals surface area (Å²) in [6.07, 6.45) is 1.78. The fourth-order valence-corrected chi connectivity index (χ4v) is 1.77. The van der Waals surface area contributed by atoms with Crippen LogP contribution in [0.1, 0.15) is 26.7 Å². The third-order valence-electron chi connectivity index (χ3n) is 2.97. The number of aliphatic hydroxyl groups is 1. The van der Waals surface area contributed by atoms with Crippen molar-refractivity contribution in [3.05, 3.63) is 0 Å². The van der Waals surface area contributed by atoms with Crippen molar-refractivity contribution in [2.45, 2.75) is 32.8 Å². The summed E-state index contributed by atoms with van der Waals surface area (Å²) in [7, 11) is 0. The Morgan fingerprint density at radius 3 is 2.77 bits per heavy atom. The van der Waals surface area contributed by atoms with Crippen LogP contribution in [0.25, 0.3) is 0 Å². The van der Waals surface area contributed by atoms with Crippen LogP contribution in [0.15, 0.2) is 0 Å². The lowest BCUT2D eigenvalue weighted by molar-refractivity contribution is -0.0560. The lowest BCUT2D eigenvalue weighted by Gasteiger charge is -2.36. The van der Waals surface area contributed by atoms with E-state index >= 15 is 0 Å². The summed E-state index contributed by atoms with van der Waals surface area (Å²) >= 11 is 0. The molecule has 2 unspecified atom stereocenters. The zero-order valence-corrected chi connectivity index (χ0v) is 8.62. The number of hydrogen-bond donors (Lipinski definition) is 2. The molecule has 2 atom stereocenters. The summed E-state index contributed by atoms with van der Waals surface area (Å²) in [5.74, 6) is 0.271. The van der Waals surface area contributed by atoms with Crippen LogP contribution >= 0.6 is 0 Å². The van der Waals surface area contributed by atoms with Crippen LogP contribution in [0.2, 0.25) is 0 Å². The summed E-state index contributed by atoms with van der Waals surface area (Å²) in [5, 5.41) is 10.0. The molecule has 78 valence electrons. The molecule has 3 N–H and O–H groups in total. The van der Waals surface area contributed by atoms with Gasteiger partial charge in [-0.2, -0.15) is 0 Å². The van der Waals surface area contributed by atoms with Gasteiger partial charge in [0, 0.05) is 17.9 Å². The van der Waals surface area contributed by atoms with E-state index in [0.717, 1.165) is 19.4 Å². The lowest BCUT2D eigenvalue weighted by Crippen LogP contribution is -2.44. The highest BCUT2D eigenvalue weighted by atomic mass is 16.5. The first kappa shape index (κ1) is 11.0. The summed E-state index contributed by atoms with van der Waals surface area (Å²) < 4.78 is 5.34. The minimum atomic E-state index is -0.335. The van der Waals surface area contributed by atoms with Crippen molar-refractivity contribution >= 4 is 0 Å². The van der Waals surface area contributed by atoms with Crippen LogP contribution in [0, 0.1) is 11.3 Å². The van der Waals surface area contributed by atoms with Gasteiger partial charge >= 0.3 is 0 Å². The van der Waals surface area contributed by atoms with Crippen LogP contribution < -0.4 is 5.73 Å². The van der Waals surface area contributed by atoms with Gasteiger partial charge in [0.05, 0.1) is 12.7 Å². The lowest BCUT2D eigenvalue weighted by atomic mass is 9.78. The van der Waals surface area contributed by atoms with Gasteiger partial charge in [-0.15, -0.1) is 0 Å². The summed E-state index contributed by atoms with van der Waals surface area (Å²) in [6.45, 7) is 6.06. The van der Waals surface area contributed by atoms with E-state index in [1.807, 2.05) is 13.8 Å². The number of rotatable bonds is 3. The van der Waals surface area contributed by atoms with E-state index in [9.17, 15) is 5.11 Å². The van der Waals surface area contributed by atoms with Crippen LogP contribution in [0.3, 0.4) is 0 Å². The normalized spacial score (nSPS) is 27.2. The molecule has 0 radical (unpaired) electrons. The fourth-order valence-electron chi connectivity index (χ4n) is 1.77. The quantitative estimate of drug-likeness (QED) is 0.686. The molecule has 0 aliphatic carbocycles. The SMILES string of the molecule is CC(C)(CN)C(O)C1CCCOC1. The topological polar surface area (TPSA) is 55.5 Å². The van der Waals surface area contributed by atoms with E-state index < -0.39 is 0 Å². The van der Waals surface area contributed by atoms with Crippen molar-refractivity contribution in [1.29, 1.82) is 0 Å². The monoisotopic (exact) mass is 187 g/mol. The highest BCUT2D eigenvalue weighted by Crippen LogP contribution is 2.29. The van der Waals surface area contributed by atoms with Gasteiger partial charge < -0.3 is 15.6 Å². The molecule has 0 amide bonds. The maximum Gasteiger partial charge on any atom is 0.0653 e. The third kappa shape index (κ3) is 2.66. The first-order chi connectivity index (χ1) is 6.08. The van der Waals surface area contributed by atoms with E-state index in [0.29, 0.717) is 13.2 Å². The van der Waals surface area contributed by atoms with Gasteiger partial charge in [-0.25, -0.2) is 0 Å². The Kier molecular flexibility index (Phi) is 3.71. The van der Waals surface area contributed by atoms with Gasteiger partial charge in [0.15, 0.2) is 0 Å². The highest BCUT2D eigenvalue weighted by Gasteiger charge is 2.33. The van der Waals surface area contributed by atoms with Gasteiger partial charge in [-0.3, -0.25) is 0 Å². The van der Waals surface area contributed by atoms with Crippen LogP contribution in [-0.4, -0.2) is 31.0 Å². The van der Waals surface area contributed by atoms with E-state index in [-0.39, 0.29) is 17.4 Å². The molecule has 1 fully saturated rings. The molecular weight excluding hydrogens is 166 g/mol. The predicted molar refractivity (Wildman–Crippen MR) is 52.4 cm³/mol. The molecule has 0 aromatic rings. The summed E-state index contributed by atoms with van der Waals surface area (Å²) in [4.78, 5) is 0. The van der Waals surface area contributed by atoms with Gasteiger partial charge in [0.1, 0.15) is 0 Å². The molecule has 0 spiro atoms.